The molecule has 0 aromatic rings. The number of nitrogens with two attached hydrogens (primary N) is 1. The summed E-state index contributed by atoms with van der Waals surface area (Å²) in [5, 5.41) is 3.11. The summed E-state index contributed by atoms with van der Waals surface area (Å²) >= 11 is 0. The molecule has 0 amide bonds. The van der Waals surface area contributed by atoms with Crippen molar-refractivity contribution in [2.45, 2.75) is 25.4 Å². The van der Waals surface area contributed by atoms with Crippen LogP contribution in [0, 0.1) is 0 Å². The quantitative estimate of drug-likeness (QED) is 0.595. The van der Waals surface area contributed by atoms with E-state index < -0.39 is 9.84 Å². The van der Waals surface area contributed by atoms with Gasteiger partial charge in [0, 0.05) is 12.1 Å². The van der Waals surface area contributed by atoms with Gasteiger partial charge in [-0.1, -0.05) is 6.92 Å². The molecule has 1 saturated heterocycles. The van der Waals surface area contributed by atoms with Gasteiger partial charge >= 0.3 is 0 Å². The molecule has 5 heteroatoms. The lowest BCUT2D eigenvalue weighted by molar-refractivity contribution is 0.460. The summed E-state index contributed by atoms with van der Waals surface area (Å²) in [5.74, 6) is 0.392. The zero-order valence-corrected chi connectivity index (χ0v) is 8.10. The lowest BCUT2D eigenvalue weighted by atomic mass is 10.1. The van der Waals surface area contributed by atoms with Gasteiger partial charge in [0.2, 0.25) is 0 Å². The number of hydrogen-bond acceptors (Lipinski definition) is 4. The van der Waals surface area contributed by atoms with E-state index in [1.165, 1.54) is 0 Å². The van der Waals surface area contributed by atoms with Gasteiger partial charge < -0.3 is 11.1 Å². The van der Waals surface area contributed by atoms with Gasteiger partial charge in [-0.25, -0.2) is 8.42 Å². The fraction of sp³-hybridized carbons (Fsp3) is 1.00. The molecule has 2 atom stereocenters. The number of hydrogen-bond donors (Lipinski definition) is 2. The molecular formula is C7H16N2O2S. The van der Waals surface area contributed by atoms with Crippen molar-refractivity contribution in [2.24, 2.45) is 5.73 Å². The van der Waals surface area contributed by atoms with E-state index in [0.717, 1.165) is 13.0 Å². The van der Waals surface area contributed by atoms with Crippen molar-refractivity contribution in [1.82, 2.24) is 5.32 Å². The molecule has 3 N–H and O–H groups in total. The average molecular weight is 192 g/mol. The normalized spacial score (nSPS) is 34.8. The van der Waals surface area contributed by atoms with Gasteiger partial charge in [0.15, 0.2) is 9.84 Å². The second-order valence-corrected chi connectivity index (χ2v) is 5.48. The summed E-state index contributed by atoms with van der Waals surface area (Å²) in [7, 11) is -2.89. The first-order chi connectivity index (χ1) is 5.53. The Hall–Kier alpha value is -0.130. The van der Waals surface area contributed by atoms with Crippen LogP contribution in [-0.2, 0) is 9.84 Å². The number of sulfone groups is 1. The van der Waals surface area contributed by atoms with Gasteiger partial charge in [-0.3, -0.25) is 0 Å². The lowest BCUT2D eigenvalue weighted by Gasteiger charge is -2.26. The molecule has 0 saturated carbocycles. The highest BCUT2D eigenvalue weighted by molar-refractivity contribution is 7.91. The molecule has 0 spiro atoms. The summed E-state index contributed by atoms with van der Waals surface area (Å²) in [4.78, 5) is 0. The van der Waals surface area contributed by atoms with E-state index in [1.807, 2.05) is 6.92 Å². The van der Waals surface area contributed by atoms with E-state index in [4.69, 9.17) is 5.73 Å². The first kappa shape index (κ1) is 9.95. The van der Waals surface area contributed by atoms with E-state index in [2.05, 4.69) is 5.32 Å². The third kappa shape index (κ3) is 2.73. The SMILES string of the molecule is CCN[C@@H]1C[C@@H](N)CS(=O)(=O)C1. The third-order valence-electron chi connectivity index (χ3n) is 2.00. The molecule has 72 valence electrons. The summed E-state index contributed by atoms with van der Waals surface area (Å²) < 4.78 is 22.5. The second-order valence-electron chi connectivity index (χ2n) is 3.33. The maximum atomic E-state index is 11.2. The molecule has 1 heterocycles. The molecule has 1 aliphatic heterocycles. The molecule has 1 fully saturated rings. The Labute approximate surface area is 73.4 Å². The van der Waals surface area contributed by atoms with Crippen LogP contribution in [0.5, 0.6) is 0 Å². The Morgan fingerprint density at radius 3 is 2.67 bits per heavy atom. The van der Waals surface area contributed by atoms with E-state index in [-0.39, 0.29) is 23.6 Å². The molecule has 0 radical (unpaired) electrons. The van der Waals surface area contributed by atoms with E-state index in [1.54, 1.807) is 0 Å². The van der Waals surface area contributed by atoms with Crippen molar-refractivity contribution in [3.05, 3.63) is 0 Å². The maximum absolute atomic E-state index is 11.2. The molecule has 0 aromatic heterocycles. The van der Waals surface area contributed by atoms with Gasteiger partial charge in [-0.15, -0.1) is 0 Å². The standard InChI is InChI=1S/C7H16N2O2S/c1-2-9-7-3-6(8)4-12(10,11)5-7/h6-7,9H,2-5,8H2,1H3/t6-,7-/m1/s1. The molecule has 0 aromatic carbocycles. The van der Waals surface area contributed by atoms with Gasteiger partial charge in [0.1, 0.15) is 0 Å². The Kier molecular flexibility index (Phi) is 3.09. The highest BCUT2D eigenvalue weighted by atomic mass is 32.2. The highest BCUT2D eigenvalue weighted by Crippen LogP contribution is 2.10. The zero-order valence-electron chi connectivity index (χ0n) is 7.29. The summed E-state index contributed by atoms with van der Waals surface area (Å²) in [5.41, 5.74) is 5.61. The fourth-order valence-electron chi connectivity index (χ4n) is 1.63. The molecule has 1 aliphatic rings. The van der Waals surface area contributed by atoms with Crippen LogP contribution < -0.4 is 11.1 Å². The first-order valence-corrected chi connectivity index (χ1v) is 6.05. The minimum atomic E-state index is -2.89. The van der Waals surface area contributed by atoms with Crippen molar-refractivity contribution < 1.29 is 8.42 Å². The number of nitrogens with one attached hydrogen (secondary N) is 1. The van der Waals surface area contributed by atoms with Crippen LogP contribution in [0.2, 0.25) is 0 Å². The van der Waals surface area contributed by atoms with Gasteiger partial charge in [0.25, 0.3) is 0 Å². The van der Waals surface area contributed by atoms with E-state index in [0.29, 0.717) is 0 Å². The first-order valence-electron chi connectivity index (χ1n) is 4.23. The van der Waals surface area contributed by atoms with E-state index in [9.17, 15) is 8.42 Å². The topological polar surface area (TPSA) is 72.2 Å². The fourth-order valence-corrected chi connectivity index (χ4v) is 3.42. The predicted octanol–water partition coefficient (Wildman–Crippen LogP) is -0.890. The molecule has 12 heavy (non-hydrogen) atoms. The molecule has 4 nitrogen and oxygen atoms in total. The average Bonchev–Trinajstić information content (AvgIpc) is 1.82. The Bertz CT molecular complexity index is 238. The zero-order chi connectivity index (χ0) is 9.19. The van der Waals surface area contributed by atoms with Crippen molar-refractivity contribution in [1.29, 1.82) is 0 Å². The van der Waals surface area contributed by atoms with Crippen LogP contribution in [0.15, 0.2) is 0 Å². The summed E-state index contributed by atoms with van der Waals surface area (Å²) in [6, 6.07) is -0.128. The molecule has 1 rings (SSSR count). The van der Waals surface area contributed by atoms with Crippen LogP contribution in [0.4, 0.5) is 0 Å². The van der Waals surface area contributed by atoms with Crippen LogP contribution in [0.25, 0.3) is 0 Å². The predicted molar refractivity (Wildman–Crippen MR) is 48.7 cm³/mol. The van der Waals surface area contributed by atoms with Gasteiger partial charge in [0.05, 0.1) is 11.5 Å². The van der Waals surface area contributed by atoms with Crippen molar-refractivity contribution in [2.75, 3.05) is 18.1 Å². The van der Waals surface area contributed by atoms with Crippen molar-refractivity contribution >= 4 is 9.84 Å². The monoisotopic (exact) mass is 192 g/mol. The molecule has 0 unspecified atom stereocenters. The summed E-state index contributed by atoms with van der Waals surface area (Å²) in [6.07, 6.45) is 0.771. The Balaban J connectivity index is 2.58. The third-order valence-corrected chi connectivity index (χ3v) is 3.85. The molecular weight excluding hydrogens is 176 g/mol. The lowest BCUT2D eigenvalue weighted by Crippen LogP contribution is -2.48. The minimum Gasteiger partial charge on any atom is -0.327 e. The van der Waals surface area contributed by atoms with Crippen LogP contribution >= 0.6 is 0 Å². The smallest absolute Gasteiger partial charge is 0.153 e. The molecule has 0 aliphatic carbocycles. The minimum absolute atomic E-state index is 0.0590. The van der Waals surface area contributed by atoms with Crippen LogP contribution in [0.1, 0.15) is 13.3 Å². The van der Waals surface area contributed by atoms with Gasteiger partial charge in [-0.05, 0) is 13.0 Å². The molecule has 0 bridgehead atoms. The summed E-state index contributed by atoms with van der Waals surface area (Å²) in [6.45, 7) is 2.76. The Morgan fingerprint density at radius 2 is 2.17 bits per heavy atom. The largest absolute Gasteiger partial charge is 0.327 e. The maximum Gasteiger partial charge on any atom is 0.153 e. The van der Waals surface area contributed by atoms with E-state index >= 15 is 0 Å². The van der Waals surface area contributed by atoms with Crippen LogP contribution in [0.3, 0.4) is 0 Å². The van der Waals surface area contributed by atoms with Crippen molar-refractivity contribution in [3.8, 4) is 0 Å². The Morgan fingerprint density at radius 1 is 1.50 bits per heavy atom. The number of rotatable bonds is 2. The van der Waals surface area contributed by atoms with Crippen LogP contribution in [-0.4, -0.2) is 38.6 Å². The van der Waals surface area contributed by atoms with Gasteiger partial charge in [-0.2, -0.15) is 0 Å². The van der Waals surface area contributed by atoms with Crippen molar-refractivity contribution in [3.63, 3.8) is 0 Å². The second kappa shape index (κ2) is 3.72. The highest BCUT2D eigenvalue weighted by Gasteiger charge is 2.28.